The van der Waals surface area contributed by atoms with Crippen molar-refractivity contribution in [1.82, 2.24) is 9.78 Å². The van der Waals surface area contributed by atoms with Gasteiger partial charge < -0.3 is 10.1 Å². The molecule has 31 heavy (non-hydrogen) atoms. The molecule has 154 valence electrons. The number of anilines is 1. The molecule has 0 bridgehead atoms. The predicted molar refractivity (Wildman–Crippen MR) is 118 cm³/mol. The summed E-state index contributed by atoms with van der Waals surface area (Å²) in [6.07, 6.45) is 0. The quantitative estimate of drug-likeness (QED) is 0.464. The fraction of sp³-hybridized carbons (Fsp3) is 0.130. The second-order valence-corrected chi connectivity index (χ2v) is 7.91. The molecular weight excluding hydrogens is 412 g/mol. The van der Waals surface area contributed by atoms with Crippen LogP contribution in [0, 0.1) is 18.3 Å². The minimum atomic E-state index is -0.562. The van der Waals surface area contributed by atoms with Gasteiger partial charge in [-0.3, -0.25) is 9.48 Å². The summed E-state index contributed by atoms with van der Waals surface area (Å²) in [7, 11) is 0. The molecule has 2 aromatic heterocycles. The molecule has 1 amide bonds. The molecule has 2 aromatic carbocycles. The lowest BCUT2D eigenvalue weighted by atomic mass is 10.2. The summed E-state index contributed by atoms with van der Waals surface area (Å²) in [5, 5.41) is 17.0. The normalized spacial score (nSPS) is 10.6. The van der Waals surface area contributed by atoms with Gasteiger partial charge in [0.1, 0.15) is 9.71 Å². The average Bonchev–Trinajstić information content (AvgIpc) is 3.34. The second kappa shape index (κ2) is 8.81. The third-order valence-corrected chi connectivity index (χ3v) is 5.72. The molecule has 0 aliphatic carbocycles. The minimum absolute atomic E-state index is 0.414. The number of aromatic nitrogens is 2. The number of rotatable bonds is 6. The Morgan fingerprint density at radius 3 is 2.74 bits per heavy atom. The van der Waals surface area contributed by atoms with Gasteiger partial charge in [-0.15, -0.1) is 11.3 Å². The summed E-state index contributed by atoms with van der Waals surface area (Å²) < 4.78 is 7.05. The Morgan fingerprint density at radius 2 is 1.97 bits per heavy atom. The van der Waals surface area contributed by atoms with Gasteiger partial charge in [0.05, 0.1) is 23.9 Å². The molecule has 0 fully saturated rings. The Balaban J connectivity index is 1.42. The zero-order chi connectivity index (χ0) is 21.8. The van der Waals surface area contributed by atoms with Crippen molar-refractivity contribution in [2.75, 3.05) is 11.9 Å². The number of carbonyl (C=O) groups excluding carboxylic acids is 2. The highest BCUT2D eigenvalue weighted by atomic mass is 32.1. The van der Waals surface area contributed by atoms with Gasteiger partial charge in [-0.2, -0.15) is 10.4 Å². The van der Waals surface area contributed by atoms with Crippen LogP contribution in [0.2, 0.25) is 0 Å². The van der Waals surface area contributed by atoms with E-state index in [4.69, 9.17) is 10.00 Å². The van der Waals surface area contributed by atoms with Crippen molar-refractivity contribution in [2.24, 2.45) is 0 Å². The predicted octanol–water partition coefficient (Wildman–Crippen LogP) is 4.12. The number of hydrogen-bond donors (Lipinski definition) is 1. The highest BCUT2D eigenvalue weighted by molar-refractivity contribution is 7.20. The van der Waals surface area contributed by atoms with E-state index in [0.717, 1.165) is 21.5 Å². The zero-order valence-corrected chi connectivity index (χ0v) is 17.5. The molecule has 4 rings (SSSR count). The minimum Gasteiger partial charge on any atom is -0.451 e. The molecule has 0 aliphatic heterocycles. The Bertz CT molecular complexity index is 1300. The first-order valence-electron chi connectivity index (χ1n) is 9.51. The van der Waals surface area contributed by atoms with E-state index in [0.29, 0.717) is 22.7 Å². The standard InChI is InChI=1S/C23H18N4O3S/c1-15-19-11-20(31-22(19)27(26-15)13-16-6-3-2-4-7-16)23(29)30-14-21(28)25-18-9-5-8-17(10-18)12-24/h2-11H,13-14H2,1H3,(H,25,28). The molecule has 0 unspecified atom stereocenters. The number of carbonyl (C=O) groups is 2. The number of nitriles is 1. The second-order valence-electron chi connectivity index (χ2n) is 6.88. The smallest absolute Gasteiger partial charge is 0.348 e. The SMILES string of the molecule is Cc1nn(Cc2ccccc2)c2sc(C(=O)OCC(=O)Nc3cccc(C#N)c3)cc12. The van der Waals surface area contributed by atoms with Crippen molar-refractivity contribution in [2.45, 2.75) is 13.5 Å². The van der Waals surface area contributed by atoms with Gasteiger partial charge >= 0.3 is 5.97 Å². The summed E-state index contributed by atoms with van der Waals surface area (Å²) in [4.78, 5) is 25.9. The lowest BCUT2D eigenvalue weighted by Crippen LogP contribution is -2.20. The van der Waals surface area contributed by atoms with Crippen LogP contribution in [0.5, 0.6) is 0 Å². The number of aryl methyl sites for hydroxylation is 1. The zero-order valence-electron chi connectivity index (χ0n) is 16.7. The van der Waals surface area contributed by atoms with Crippen molar-refractivity contribution in [1.29, 1.82) is 5.26 Å². The van der Waals surface area contributed by atoms with Gasteiger partial charge in [0.15, 0.2) is 6.61 Å². The number of nitrogens with zero attached hydrogens (tertiary/aromatic N) is 3. The number of benzene rings is 2. The van der Waals surface area contributed by atoms with E-state index in [2.05, 4.69) is 10.4 Å². The van der Waals surface area contributed by atoms with Gasteiger partial charge in [0.25, 0.3) is 5.91 Å². The highest BCUT2D eigenvalue weighted by Crippen LogP contribution is 2.29. The van der Waals surface area contributed by atoms with Crippen LogP contribution >= 0.6 is 11.3 Å². The summed E-state index contributed by atoms with van der Waals surface area (Å²) >= 11 is 1.29. The summed E-state index contributed by atoms with van der Waals surface area (Å²) in [5.74, 6) is -1.04. The third kappa shape index (κ3) is 4.63. The van der Waals surface area contributed by atoms with E-state index in [9.17, 15) is 9.59 Å². The number of fused-ring (bicyclic) bond motifs is 1. The summed E-state index contributed by atoms with van der Waals surface area (Å²) in [5.41, 5.74) is 2.84. The lowest BCUT2D eigenvalue weighted by molar-refractivity contribution is -0.119. The van der Waals surface area contributed by atoms with Gasteiger partial charge in [-0.05, 0) is 36.8 Å². The molecule has 4 aromatic rings. The number of esters is 1. The van der Waals surface area contributed by atoms with E-state index in [1.807, 2.05) is 48.0 Å². The molecule has 0 atom stereocenters. The van der Waals surface area contributed by atoms with Crippen molar-refractivity contribution in [3.8, 4) is 6.07 Å². The van der Waals surface area contributed by atoms with Crippen molar-refractivity contribution in [3.63, 3.8) is 0 Å². The van der Waals surface area contributed by atoms with E-state index in [1.165, 1.54) is 11.3 Å². The van der Waals surface area contributed by atoms with Crippen LogP contribution in [0.15, 0.2) is 60.7 Å². The van der Waals surface area contributed by atoms with E-state index >= 15 is 0 Å². The van der Waals surface area contributed by atoms with Crippen LogP contribution in [0.3, 0.4) is 0 Å². The maximum atomic E-state index is 12.5. The first-order chi connectivity index (χ1) is 15.0. The fourth-order valence-electron chi connectivity index (χ4n) is 3.14. The van der Waals surface area contributed by atoms with Gasteiger partial charge in [-0.25, -0.2) is 4.79 Å². The molecule has 0 radical (unpaired) electrons. The maximum Gasteiger partial charge on any atom is 0.348 e. The van der Waals surface area contributed by atoms with Crippen LogP contribution in [-0.4, -0.2) is 28.3 Å². The number of ether oxygens (including phenoxy) is 1. The number of thiophene rings is 1. The molecule has 0 aliphatic rings. The van der Waals surface area contributed by atoms with Crippen LogP contribution in [0.25, 0.3) is 10.2 Å². The summed E-state index contributed by atoms with van der Waals surface area (Å²) in [6.45, 7) is 2.08. The number of amides is 1. The van der Waals surface area contributed by atoms with Crippen LogP contribution in [0.4, 0.5) is 5.69 Å². The van der Waals surface area contributed by atoms with E-state index < -0.39 is 18.5 Å². The number of hydrogen-bond acceptors (Lipinski definition) is 6. The molecule has 2 heterocycles. The van der Waals surface area contributed by atoms with Crippen molar-refractivity contribution >= 4 is 39.1 Å². The van der Waals surface area contributed by atoms with Crippen molar-refractivity contribution in [3.05, 3.63) is 82.4 Å². The summed E-state index contributed by atoms with van der Waals surface area (Å²) in [6, 6.07) is 20.2. The Morgan fingerprint density at radius 1 is 1.16 bits per heavy atom. The largest absolute Gasteiger partial charge is 0.451 e. The molecule has 0 spiro atoms. The first-order valence-corrected chi connectivity index (χ1v) is 10.3. The van der Waals surface area contributed by atoms with E-state index in [-0.39, 0.29) is 0 Å². The molecule has 1 N–H and O–H groups in total. The molecule has 0 saturated heterocycles. The van der Waals surface area contributed by atoms with Crippen LogP contribution in [0.1, 0.15) is 26.5 Å². The fourth-order valence-corrected chi connectivity index (χ4v) is 4.20. The molecule has 7 nitrogen and oxygen atoms in total. The number of nitrogens with one attached hydrogen (secondary N) is 1. The van der Waals surface area contributed by atoms with Gasteiger partial charge in [0, 0.05) is 11.1 Å². The highest BCUT2D eigenvalue weighted by Gasteiger charge is 2.18. The van der Waals surface area contributed by atoms with Crippen molar-refractivity contribution < 1.29 is 14.3 Å². The Hall–Kier alpha value is -3.96. The van der Waals surface area contributed by atoms with Gasteiger partial charge in [-0.1, -0.05) is 36.4 Å². The molecular formula is C23H18N4O3S. The molecule has 0 saturated carbocycles. The lowest BCUT2D eigenvalue weighted by Gasteiger charge is -2.06. The van der Waals surface area contributed by atoms with Crippen LogP contribution < -0.4 is 5.32 Å². The van der Waals surface area contributed by atoms with Gasteiger partial charge in [0.2, 0.25) is 0 Å². The maximum absolute atomic E-state index is 12.5. The van der Waals surface area contributed by atoms with E-state index in [1.54, 1.807) is 30.3 Å². The Kier molecular flexibility index (Phi) is 5.78. The topological polar surface area (TPSA) is 97.0 Å². The molecule has 8 heteroatoms. The monoisotopic (exact) mass is 430 g/mol. The third-order valence-electron chi connectivity index (χ3n) is 4.59. The Labute approximate surface area is 182 Å². The van der Waals surface area contributed by atoms with Crippen LogP contribution in [-0.2, 0) is 16.1 Å². The first kappa shape index (κ1) is 20.3. The average molecular weight is 430 g/mol.